The number of carbonyl (C=O) groups excluding carboxylic acids is 2. The van der Waals surface area contributed by atoms with E-state index in [1.165, 1.54) is 6.42 Å². The average molecular weight is 332 g/mol. The smallest absolute Gasteiger partial charge is 0.330 e. The predicted octanol–water partition coefficient (Wildman–Crippen LogP) is 3.67. The molecule has 5 heteroatoms. The van der Waals surface area contributed by atoms with E-state index in [1.807, 2.05) is 0 Å². The van der Waals surface area contributed by atoms with E-state index in [0.717, 1.165) is 31.8 Å². The molecule has 0 atom stereocenters. The highest BCUT2D eigenvalue weighted by atomic mass is 16.5. The molecule has 5 nitrogen and oxygen atoms in total. The lowest BCUT2D eigenvalue weighted by Gasteiger charge is -2.19. The van der Waals surface area contributed by atoms with Crippen molar-refractivity contribution in [3.8, 4) is 11.5 Å². The summed E-state index contributed by atoms with van der Waals surface area (Å²) >= 11 is 0. The summed E-state index contributed by atoms with van der Waals surface area (Å²) in [7, 11) is 0. The Hall–Kier alpha value is -2.30. The van der Waals surface area contributed by atoms with Crippen LogP contribution in [-0.4, -0.2) is 25.2 Å². The lowest BCUT2D eigenvalue weighted by Crippen LogP contribution is -2.22. The Morgan fingerprint density at radius 2 is 1.71 bits per heavy atom. The van der Waals surface area contributed by atoms with Gasteiger partial charge in [0.1, 0.15) is 11.5 Å². The van der Waals surface area contributed by atoms with Gasteiger partial charge in [-0.1, -0.05) is 25.8 Å². The van der Waals surface area contributed by atoms with E-state index >= 15 is 0 Å². The van der Waals surface area contributed by atoms with Crippen LogP contribution >= 0.6 is 0 Å². The zero-order chi connectivity index (χ0) is 17.2. The monoisotopic (exact) mass is 332 g/mol. The van der Waals surface area contributed by atoms with E-state index in [1.54, 1.807) is 24.3 Å². The van der Waals surface area contributed by atoms with Crippen LogP contribution in [0.5, 0.6) is 11.5 Å². The van der Waals surface area contributed by atoms with Gasteiger partial charge in [0.25, 0.3) is 0 Å². The van der Waals surface area contributed by atoms with E-state index in [-0.39, 0.29) is 11.9 Å². The molecule has 0 aliphatic heterocycles. The van der Waals surface area contributed by atoms with Crippen molar-refractivity contribution < 1.29 is 23.8 Å². The topological polar surface area (TPSA) is 61.8 Å². The van der Waals surface area contributed by atoms with Crippen LogP contribution in [0.2, 0.25) is 0 Å². The van der Waals surface area contributed by atoms with Crippen LogP contribution < -0.4 is 9.47 Å². The molecule has 0 radical (unpaired) electrons. The van der Waals surface area contributed by atoms with Gasteiger partial charge in [0.2, 0.25) is 0 Å². The third-order valence-corrected chi connectivity index (χ3v) is 3.95. The summed E-state index contributed by atoms with van der Waals surface area (Å²) < 4.78 is 15.8. The zero-order valence-corrected chi connectivity index (χ0v) is 13.9. The van der Waals surface area contributed by atoms with Crippen molar-refractivity contribution in [2.75, 3.05) is 13.2 Å². The fourth-order valence-electron chi connectivity index (χ4n) is 2.62. The van der Waals surface area contributed by atoms with Crippen molar-refractivity contribution in [1.82, 2.24) is 0 Å². The molecule has 1 aromatic rings. The first kappa shape index (κ1) is 18.0. The van der Waals surface area contributed by atoms with E-state index in [4.69, 9.17) is 14.2 Å². The fraction of sp³-hybridized carbons (Fsp3) is 0.474. The van der Waals surface area contributed by atoms with Gasteiger partial charge in [0.15, 0.2) is 0 Å². The molecule has 0 spiro atoms. The predicted molar refractivity (Wildman–Crippen MR) is 89.9 cm³/mol. The molecule has 0 amide bonds. The first-order valence-electron chi connectivity index (χ1n) is 8.43. The summed E-state index contributed by atoms with van der Waals surface area (Å²) in [6.07, 6.45) is 7.00. The van der Waals surface area contributed by atoms with Crippen molar-refractivity contribution in [2.45, 2.75) is 38.5 Å². The number of esters is 2. The number of rotatable bonds is 8. The number of benzene rings is 1. The highest BCUT2D eigenvalue weighted by molar-refractivity contribution is 5.81. The number of ether oxygens (including phenoxy) is 3. The average Bonchev–Trinajstić information content (AvgIpc) is 2.63. The molecule has 0 N–H and O–H groups in total. The van der Waals surface area contributed by atoms with Crippen molar-refractivity contribution in [2.24, 2.45) is 5.92 Å². The maximum Gasteiger partial charge on any atom is 0.330 e. The molecule has 1 saturated carbocycles. The van der Waals surface area contributed by atoms with Crippen LogP contribution in [0.4, 0.5) is 0 Å². The normalized spacial score (nSPS) is 14.7. The van der Waals surface area contributed by atoms with Crippen LogP contribution in [-0.2, 0) is 14.3 Å². The van der Waals surface area contributed by atoms with Gasteiger partial charge >= 0.3 is 11.9 Å². The Bertz CT molecular complexity index is 543. The highest BCUT2D eigenvalue weighted by Gasteiger charge is 2.22. The van der Waals surface area contributed by atoms with Gasteiger partial charge in [-0.15, -0.1) is 0 Å². The molecular weight excluding hydrogens is 308 g/mol. The highest BCUT2D eigenvalue weighted by Crippen LogP contribution is 2.26. The molecule has 0 aromatic heterocycles. The van der Waals surface area contributed by atoms with Gasteiger partial charge in [0.05, 0.1) is 19.1 Å². The van der Waals surface area contributed by atoms with Gasteiger partial charge in [-0.2, -0.15) is 0 Å². The van der Waals surface area contributed by atoms with E-state index in [0.29, 0.717) is 31.1 Å². The minimum absolute atomic E-state index is 0.0351. The van der Waals surface area contributed by atoms with Crippen LogP contribution in [0.3, 0.4) is 0 Å². The van der Waals surface area contributed by atoms with Crippen molar-refractivity contribution in [1.29, 1.82) is 0 Å². The Labute approximate surface area is 142 Å². The minimum Gasteiger partial charge on any atom is -0.493 e. The molecule has 1 aliphatic rings. The summed E-state index contributed by atoms with van der Waals surface area (Å²) in [5, 5.41) is 0. The maximum absolute atomic E-state index is 12.1. The van der Waals surface area contributed by atoms with Crippen LogP contribution in [0.1, 0.15) is 38.5 Å². The third-order valence-electron chi connectivity index (χ3n) is 3.95. The lowest BCUT2D eigenvalue weighted by atomic mass is 9.89. The standard InChI is InChI=1S/C19H24O5/c1-2-18(20)23-14-6-13-22-16-9-11-17(12-10-16)24-19(21)15-7-4-3-5-8-15/h2,9-12,15H,1,3-8,13-14H2. The van der Waals surface area contributed by atoms with Crippen molar-refractivity contribution in [3.05, 3.63) is 36.9 Å². The van der Waals surface area contributed by atoms with Crippen LogP contribution in [0, 0.1) is 5.92 Å². The van der Waals surface area contributed by atoms with Gasteiger partial charge in [-0.25, -0.2) is 4.79 Å². The second-order valence-corrected chi connectivity index (χ2v) is 5.80. The maximum atomic E-state index is 12.1. The number of carbonyl (C=O) groups is 2. The summed E-state index contributed by atoms with van der Waals surface area (Å²) in [6.45, 7) is 4.05. The Morgan fingerprint density at radius 1 is 1.04 bits per heavy atom. The van der Waals surface area contributed by atoms with E-state index in [2.05, 4.69) is 6.58 Å². The fourth-order valence-corrected chi connectivity index (χ4v) is 2.62. The lowest BCUT2D eigenvalue weighted by molar-refractivity contribution is -0.140. The number of hydrogen-bond acceptors (Lipinski definition) is 5. The van der Waals surface area contributed by atoms with Crippen molar-refractivity contribution >= 4 is 11.9 Å². The molecule has 2 rings (SSSR count). The molecule has 1 fully saturated rings. The number of hydrogen-bond donors (Lipinski definition) is 0. The molecule has 0 saturated heterocycles. The Morgan fingerprint density at radius 3 is 2.38 bits per heavy atom. The van der Waals surface area contributed by atoms with Gasteiger partial charge in [-0.3, -0.25) is 4.79 Å². The Kier molecular flexibility index (Phi) is 7.33. The van der Waals surface area contributed by atoms with Gasteiger partial charge < -0.3 is 14.2 Å². The quantitative estimate of drug-likeness (QED) is 0.314. The van der Waals surface area contributed by atoms with Crippen LogP contribution in [0.15, 0.2) is 36.9 Å². The SMILES string of the molecule is C=CC(=O)OCCCOc1ccc(OC(=O)C2CCCCC2)cc1. The summed E-state index contributed by atoms with van der Waals surface area (Å²) in [4.78, 5) is 22.9. The zero-order valence-electron chi connectivity index (χ0n) is 13.9. The third kappa shape index (κ3) is 6.07. The molecule has 0 heterocycles. The second kappa shape index (κ2) is 9.75. The summed E-state index contributed by atoms with van der Waals surface area (Å²) in [5.74, 6) is 0.694. The minimum atomic E-state index is -0.431. The molecule has 24 heavy (non-hydrogen) atoms. The van der Waals surface area contributed by atoms with Crippen LogP contribution in [0.25, 0.3) is 0 Å². The molecule has 1 aliphatic carbocycles. The molecule has 130 valence electrons. The summed E-state index contributed by atoms with van der Waals surface area (Å²) in [6, 6.07) is 6.99. The largest absolute Gasteiger partial charge is 0.493 e. The van der Waals surface area contributed by atoms with E-state index < -0.39 is 5.97 Å². The second-order valence-electron chi connectivity index (χ2n) is 5.80. The first-order valence-corrected chi connectivity index (χ1v) is 8.43. The van der Waals surface area contributed by atoms with Crippen molar-refractivity contribution in [3.63, 3.8) is 0 Å². The summed E-state index contributed by atoms with van der Waals surface area (Å²) in [5.41, 5.74) is 0. The molecular formula is C19H24O5. The van der Waals surface area contributed by atoms with Gasteiger partial charge in [0, 0.05) is 12.5 Å². The first-order chi connectivity index (χ1) is 11.7. The molecule has 1 aromatic carbocycles. The molecule has 0 bridgehead atoms. The molecule has 0 unspecified atom stereocenters. The Balaban J connectivity index is 1.69. The van der Waals surface area contributed by atoms with Gasteiger partial charge in [-0.05, 0) is 37.1 Å². The van der Waals surface area contributed by atoms with E-state index in [9.17, 15) is 9.59 Å².